The number of halogens is 1. The van der Waals surface area contributed by atoms with Crippen molar-refractivity contribution in [1.29, 1.82) is 0 Å². The number of hydrogen-bond acceptors (Lipinski definition) is 5. The molecule has 1 heterocycles. The Morgan fingerprint density at radius 3 is 2.67 bits per heavy atom. The van der Waals surface area contributed by atoms with Crippen molar-refractivity contribution in [3.05, 3.63) is 58.4 Å². The third-order valence-electron chi connectivity index (χ3n) is 3.31. The summed E-state index contributed by atoms with van der Waals surface area (Å²) >= 11 is 11.3. The number of aromatic nitrogens is 2. The fraction of sp³-hybridized carbons (Fsp3) is 0.176. The van der Waals surface area contributed by atoms with E-state index in [0.29, 0.717) is 29.0 Å². The molecule has 0 atom stereocenters. The van der Waals surface area contributed by atoms with Crippen LogP contribution >= 0.6 is 23.8 Å². The van der Waals surface area contributed by atoms with Gasteiger partial charge in [-0.1, -0.05) is 23.7 Å². The summed E-state index contributed by atoms with van der Waals surface area (Å²) in [4.78, 5) is 0.290. The Morgan fingerprint density at radius 1 is 1.21 bits per heavy atom. The summed E-state index contributed by atoms with van der Waals surface area (Å²) in [6.45, 7) is 2.94. The largest absolute Gasteiger partial charge is 0.494 e. The molecule has 0 saturated heterocycles. The highest BCUT2D eigenvalue weighted by Gasteiger charge is 2.09. The number of nitrogens with zero attached hydrogens (tertiary/aromatic N) is 2. The molecule has 24 heavy (non-hydrogen) atoms. The van der Waals surface area contributed by atoms with Crippen LogP contribution in [0.5, 0.6) is 5.75 Å². The standard InChI is InChI=1S/C17H16ClN3O2S/c1-2-22-13-9-7-12(8-10-13)16-20-21(17(24)23-16)11-19-15-6-4-3-5-14(15)18/h3-10,19H,2,11H2,1H3. The highest BCUT2D eigenvalue weighted by Crippen LogP contribution is 2.23. The van der Waals surface area contributed by atoms with Crippen molar-refractivity contribution in [2.75, 3.05) is 11.9 Å². The Kier molecular flexibility index (Phi) is 5.17. The van der Waals surface area contributed by atoms with Crippen molar-refractivity contribution in [2.24, 2.45) is 0 Å². The van der Waals surface area contributed by atoms with Crippen LogP contribution < -0.4 is 10.1 Å². The maximum absolute atomic E-state index is 6.12. The van der Waals surface area contributed by atoms with Crippen LogP contribution in [0.25, 0.3) is 11.5 Å². The van der Waals surface area contributed by atoms with Gasteiger partial charge in [0.15, 0.2) is 0 Å². The lowest BCUT2D eigenvalue weighted by molar-refractivity contribution is 0.340. The van der Waals surface area contributed by atoms with Gasteiger partial charge in [-0.25, -0.2) is 4.68 Å². The zero-order valence-electron chi connectivity index (χ0n) is 13.0. The van der Waals surface area contributed by atoms with Crippen molar-refractivity contribution >= 4 is 29.5 Å². The minimum absolute atomic E-state index is 0.290. The summed E-state index contributed by atoms with van der Waals surface area (Å²) in [5, 5.41) is 8.22. The van der Waals surface area contributed by atoms with E-state index >= 15 is 0 Å². The van der Waals surface area contributed by atoms with Gasteiger partial charge in [0.2, 0.25) is 5.89 Å². The number of ether oxygens (including phenoxy) is 1. The molecule has 0 aliphatic carbocycles. The summed E-state index contributed by atoms with van der Waals surface area (Å²) < 4.78 is 12.6. The molecule has 0 aliphatic heterocycles. The van der Waals surface area contributed by atoms with Crippen molar-refractivity contribution < 1.29 is 9.15 Å². The molecule has 3 rings (SSSR count). The number of hydrogen-bond donors (Lipinski definition) is 1. The summed E-state index contributed by atoms with van der Waals surface area (Å²) in [6.07, 6.45) is 0. The quantitative estimate of drug-likeness (QED) is 0.626. The maximum Gasteiger partial charge on any atom is 0.289 e. The van der Waals surface area contributed by atoms with E-state index in [2.05, 4.69) is 10.4 Å². The van der Waals surface area contributed by atoms with E-state index in [9.17, 15) is 0 Å². The fourth-order valence-corrected chi connectivity index (χ4v) is 2.53. The van der Waals surface area contributed by atoms with Gasteiger partial charge in [0.1, 0.15) is 12.4 Å². The number of nitrogens with one attached hydrogen (secondary N) is 1. The lowest BCUT2D eigenvalue weighted by Crippen LogP contribution is -2.09. The summed E-state index contributed by atoms with van der Waals surface area (Å²) in [5.74, 6) is 1.27. The van der Waals surface area contributed by atoms with Crippen LogP contribution in [-0.2, 0) is 6.67 Å². The zero-order chi connectivity index (χ0) is 16.9. The van der Waals surface area contributed by atoms with Crippen LogP contribution in [0.2, 0.25) is 5.02 Å². The van der Waals surface area contributed by atoms with Crippen LogP contribution in [-0.4, -0.2) is 16.4 Å². The number of para-hydroxylation sites is 1. The Labute approximate surface area is 149 Å². The SMILES string of the molecule is CCOc1ccc(-c2nn(CNc3ccccc3Cl)c(=S)o2)cc1. The first-order valence-electron chi connectivity index (χ1n) is 7.47. The van der Waals surface area contributed by atoms with E-state index < -0.39 is 0 Å². The van der Waals surface area contributed by atoms with Crippen LogP contribution in [0.15, 0.2) is 52.9 Å². The first kappa shape index (κ1) is 16.5. The molecule has 0 amide bonds. The van der Waals surface area contributed by atoms with Gasteiger partial charge < -0.3 is 14.5 Å². The Bertz CT molecular complexity index is 874. The number of anilines is 1. The smallest absolute Gasteiger partial charge is 0.289 e. The van der Waals surface area contributed by atoms with Gasteiger partial charge in [-0.05, 0) is 55.5 Å². The average molecular weight is 362 g/mol. The fourth-order valence-electron chi connectivity index (χ4n) is 2.15. The van der Waals surface area contributed by atoms with Crippen molar-refractivity contribution in [2.45, 2.75) is 13.6 Å². The van der Waals surface area contributed by atoms with Gasteiger partial charge in [0.05, 0.1) is 17.3 Å². The normalized spacial score (nSPS) is 10.6. The van der Waals surface area contributed by atoms with Gasteiger partial charge in [-0.3, -0.25) is 0 Å². The Morgan fingerprint density at radius 2 is 1.96 bits per heavy atom. The molecule has 0 unspecified atom stereocenters. The predicted molar refractivity (Wildman–Crippen MR) is 97.0 cm³/mol. The summed E-state index contributed by atoms with van der Waals surface area (Å²) in [6, 6.07) is 15.0. The molecule has 1 aromatic heterocycles. The maximum atomic E-state index is 6.12. The van der Waals surface area contributed by atoms with E-state index in [1.165, 1.54) is 0 Å². The molecule has 124 valence electrons. The molecular weight excluding hydrogens is 346 g/mol. The van der Waals surface area contributed by atoms with E-state index in [-0.39, 0.29) is 0 Å². The van der Waals surface area contributed by atoms with Crippen molar-refractivity contribution in [3.8, 4) is 17.2 Å². The molecule has 3 aromatic rings. The predicted octanol–water partition coefficient (Wildman–Crippen LogP) is 4.99. The minimum Gasteiger partial charge on any atom is -0.494 e. The third-order valence-corrected chi connectivity index (χ3v) is 3.94. The molecule has 0 bridgehead atoms. The molecular formula is C17H16ClN3O2S. The molecule has 0 saturated carbocycles. The van der Waals surface area contributed by atoms with E-state index in [4.69, 9.17) is 33.0 Å². The second-order valence-corrected chi connectivity index (χ2v) is 5.70. The Balaban J connectivity index is 1.75. The molecule has 5 nitrogen and oxygen atoms in total. The second kappa shape index (κ2) is 7.51. The number of rotatable bonds is 6. The van der Waals surface area contributed by atoms with E-state index in [1.54, 1.807) is 4.68 Å². The third kappa shape index (κ3) is 3.77. The molecule has 0 aliphatic rings. The number of benzene rings is 2. The van der Waals surface area contributed by atoms with Crippen LogP contribution in [0, 0.1) is 4.84 Å². The highest BCUT2D eigenvalue weighted by molar-refractivity contribution is 7.71. The van der Waals surface area contributed by atoms with Gasteiger partial charge >= 0.3 is 0 Å². The minimum atomic E-state index is 0.290. The molecule has 0 radical (unpaired) electrons. The van der Waals surface area contributed by atoms with E-state index in [0.717, 1.165) is 17.0 Å². The topological polar surface area (TPSA) is 52.2 Å². The lowest BCUT2D eigenvalue weighted by atomic mass is 10.2. The van der Waals surface area contributed by atoms with Gasteiger partial charge in [0, 0.05) is 5.56 Å². The summed E-state index contributed by atoms with van der Waals surface area (Å²) in [5.41, 5.74) is 1.65. The van der Waals surface area contributed by atoms with Crippen molar-refractivity contribution in [3.63, 3.8) is 0 Å². The Hall–Kier alpha value is -2.31. The van der Waals surface area contributed by atoms with Gasteiger partial charge in [-0.15, -0.1) is 5.10 Å². The monoisotopic (exact) mass is 361 g/mol. The molecule has 2 aromatic carbocycles. The lowest BCUT2D eigenvalue weighted by Gasteiger charge is -2.07. The van der Waals surface area contributed by atoms with E-state index in [1.807, 2.05) is 55.5 Å². The first-order valence-corrected chi connectivity index (χ1v) is 8.25. The molecule has 7 heteroatoms. The second-order valence-electron chi connectivity index (χ2n) is 4.94. The van der Waals surface area contributed by atoms with Gasteiger partial charge in [-0.2, -0.15) is 0 Å². The van der Waals surface area contributed by atoms with Crippen LogP contribution in [0.4, 0.5) is 5.69 Å². The average Bonchev–Trinajstić information content (AvgIpc) is 2.96. The highest BCUT2D eigenvalue weighted by atomic mass is 35.5. The van der Waals surface area contributed by atoms with Gasteiger partial charge in [0.25, 0.3) is 4.84 Å². The first-order chi connectivity index (χ1) is 11.7. The summed E-state index contributed by atoms with van der Waals surface area (Å²) in [7, 11) is 0. The van der Waals surface area contributed by atoms with Crippen LogP contribution in [0.1, 0.15) is 6.92 Å². The molecule has 0 spiro atoms. The van der Waals surface area contributed by atoms with Crippen molar-refractivity contribution in [1.82, 2.24) is 9.78 Å². The molecule has 0 fully saturated rings. The molecule has 1 N–H and O–H groups in total. The zero-order valence-corrected chi connectivity index (χ0v) is 14.6. The van der Waals surface area contributed by atoms with Crippen LogP contribution in [0.3, 0.4) is 0 Å².